The molecule has 0 aliphatic heterocycles. The standard InChI is InChI=1S/C22H26Cl2FN3O4S/c1-14(2)26-22(30)15(3)27(12-16-5-8-18(25)9-6-16)21(29)13-28(33(4,31)32)20-11-17(23)7-10-19(20)24/h5-11,14-15H,12-13H2,1-4H3,(H,26,30)/t15-/m0/s1. The second-order valence-electron chi connectivity index (χ2n) is 7.85. The van der Waals surface area contributed by atoms with Gasteiger partial charge in [0.1, 0.15) is 18.4 Å². The van der Waals surface area contributed by atoms with Crippen molar-refractivity contribution in [1.29, 1.82) is 0 Å². The highest BCUT2D eigenvalue weighted by atomic mass is 35.5. The summed E-state index contributed by atoms with van der Waals surface area (Å²) in [5.41, 5.74) is 0.613. The Kier molecular flexibility index (Phi) is 9.11. The van der Waals surface area contributed by atoms with Crippen molar-refractivity contribution < 1.29 is 22.4 Å². The fourth-order valence-electron chi connectivity index (χ4n) is 3.05. The van der Waals surface area contributed by atoms with Crippen LogP contribution in [0.15, 0.2) is 42.5 Å². The molecule has 0 aromatic heterocycles. The van der Waals surface area contributed by atoms with Gasteiger partial charge in [0.25, 0.3) is 0 Å². The molecule has 180 valence electrons. The Morgan fingerprint density at radius 3 is 2.21 bits per heavy atom. The third-order valence-electron chi connectivity index (χ3n) is 4.72. The zero-order valence-corrected chi connectivity index (χ0v) is 21.0. The number of nitrogens with one attached hydrogen (secondary N) is 1. The summed E-state index contributed by atoms with van der Waals surface area (Å²) in [7, 11) is -3.94. The number of hydrogen-bond acceptors (Lipinski definition) is 4. The average Bonchev–Trinajstić information content (AvgIpc) is 2.71. The Labute approximate surface area is 203 Å². The molecule has 2 rings (SSSR count). The first-order chi connectivity index (χ1) is 15.3. The van der Waals surface area contributed by atoms with E-state index in [4.69, 9.17) is 23.2 Å². The Hall–Kier alpha value is -2.36. The van der Waals surface area contributed by atoms with E-state index < -0.39 is 40.2 Å². The van der Waals surface area contributed by atoms with Crippen LogP contribution < -0.4 is 9.62 Å². The third-order valence-corrected chi connectivity index (χ3v) is 6.40. The van der Waals surface area contributed by atoms with Crippen LogP contribution >= 0.6 is 23.2 Å². The van der Waals surface area contributed by atoms with Crippen LogP contribution in [0.4, 0.5) is 10.1 Å². The van der Waals surface area contributed by atoms with E-state index >= 15 is 0 Å². The summed E-state index contributed by atoms with van der Waals surface area (Å²) in [6.45, 7) is 4.45. The third kappa shape index (κ3) is 7.58. The number of nitrogens with zero attached hydrogens (tertiary/aromatic N) is 2. The van der Waals surface area contributed by atoms with Crippen LogP contribution in [0, 0.1) is 5.82 Å². The molecular weight excluding hydrogens is 492 g/mol. The van der Waals surface area contributed by atoms with Crippen LogP contribution in [-0.2, 0) is 26.2 Å². The summed E-state index contributed by atoms with van der Waals surface area (Å²) >= 11 is 12.2. The molecule has 2 amide bonds. The molecule has 0 saturated heterocycles. The quantitative estimate of drug-likeness (QED) is 0.547. The molecule has 0 radical (unpaired) electrons. The molecule has 0 unspecified atom stereocenters. The summed E-state index contributed by atoms with van der Waals surface area (Å²) in [6.07, 6.45) is 0.941. The van der Waals surface area contributed by atoms with Gasteiger partial charge >= 0.3 is 0 Å². The minimum atomic E-state index is -3.94. The number of anilines is 1. The zero-order valence-electron chi connectivity index (χ0n) is 18.7. The van der Waals surface area contributed by atoms with Crippen molar-refractivity contribution in [3.63, 3.8) is 0 Å². The molecule has 0 aliphatic carbocycles. The Balaban J connectivity index is 2.42. The van der Waals surface area contributed by atoms with Gasteiger partial charge in [0.15, 0.2) is 0 Å². The van der Waals surface area contributed by atoms with Gasteiger partial charge < -0.3 is 10.2 Å². The van der Waals surface area contributed by atoms with E-state index in [1.807, 2.05) is 0 Å². The summed E-state index contributed by atoms with van der Waals surface area (Å²) in [5.74, 6) is -1.50. The lowest BCUT2D eigenvalue weighted by Gasteiger charge is -2.32. The molecule has 0 spiro atoms. The molecule has 1 N–H and O–H groups in total. The lowest BCUT2D eigenvalue weighted by molar-refractivity contribution is -0.139. The second kappa shape index (κ2) is 11.2. The summed E-state index contributed by atoms with van der Waals surface area (Å²) in [4.78, 5) is 27.3. The van der Waals surface area contributed by atoms with Crippen LogP contribution in [-0.4, -0.2) is 50.0 Å². The first-order valence-electron chi connectivity index (χ1n) is 10.1. The van der Waals surface area contributed by atoms with Gasteiger partial charge in [0, 0.05) is 17.6 Å². The topological polar surface area (TPSA) is 86.8 Å². The highest BCUT2D eigenvalue weighted by molar-refractivity contribution is 7.92. The smallest absolute Gasteiger partial charge is 0.244 e. The highest BCUT2D eigenvalue weighted by Crippen LogP contribution is 2.30. The van der Waals surface area contributed by atoms with Gasteiger partial charge in [-0.25, -0.2) is 12.8 Å². The maximum Gasteiger partial charge on any atom is 0.244 e. The lowest BCUT2D eigenvalue weighted by Crippen LogP contribution is -2.52. The maximum atomic E-state index is 13.4. The minimum absolute atomic E-state index is 0.0350. The van der Waals surface area contributed by atoms with Crippen LogP contribution in [0.3, 0.4) is 0 Å². The van der Waals surface area contributed by atoms with E-state index in [1.165, 1.54) is 54.3 Å². The van der Waals surface area contributed by atoms with E-state index in [2.05, 4.69) is 5.32 Å². The monoisotopic (exact) mass is 517 g/mol. The predicted molar refractivity (Wildman–Crippen MR) is 128 cm³/mol. The Bertz CT molecular complexity index is 1110. The van der Waals surface area contributed by atoms with Gasteiger partial charge in [0.05, 0.1) is 17.0 Å². The van der Waals surface area contributed by atoms with Gasteiger partial charge in [-0.05, 0) is 56.7 Å². The minimum Gasteiger partial charge on any atom is -0.352 e. The maximum absolute atomic E-state index is 13.4. The molecule has 0 aliphatic rings. The second-order valence-corrected chi connectivity index (χ2v) is 10.6. The van der Waals surface area contributed by atoms with Crippen LogP contribution in [0.1, 0.15) is 26.3 Å². The molecule has 1 atom stereocenters. The highest BCUT2D eigenvalue weighted by Gasteiger charge is 2.31. The number of sulfonamides is 1. The molecule has 11 heteroatoms. The number of rotatable bonds is 9. The molecule has 7 nitrogen and oxygen atoms in total. The van der Waals surface area contributed by atoms with Crippen molar-refractivity contribution in [2.45, 2.75) is 39.4 Å². The number of benzene rings is 2. The van der Waals surface area contributed by atoms with Crippen molar-refractivity contribution in [3.05, 3.63) is 63.9 Å². The van der Waals surface area contributed by atoms with Gasteiger partial charge in [0.2, 0.25) is 21.8 Å². The van der Waals surface area contributed by atoms with Crippen molar-refractivity contribution in [2.24, 2.45) is 0 Å². The molecule has 2 aromatic rings. The molecule has 0 heterocycles. The first-order valence-corrected chi connectivity index (χ1v) is 12.7. The van der Waals surface area contributed by atoms with Crippen LogP contribution in [0.25, 0.3) is 0 Å². The largest absolute Gasteiger partial charge is 0.352 e. The summed E-state index contributed by atoms with van der Waals surface area (Å²) in [6, 6.07) is 8.64. The first kappa shape index (κ1) is 26.9. The number of hydrogen-bond donors (Lipinski definition) is 1. The molecule has 0 bridgehead atoms. The zero-order chi connectivity index (χ0) is 24.9. The van der Waals surface area contributed by atoms with Crippen LogP contribution in [0.2, 0.25) is 10.0 Å². The fraction of sp³-hybridized carbons (Fsp3) is 0.364. The summed E-state index contributed by atoms with van der Waals surface area (Å²) in [5, 5.41) is 3.07. The average molecular weight is 518 g/mol. The molecule has 2 aromatic carbocycles. The number of amides is 2. The van der Waals surface area contributed by atoms with Crippen LogP contribution in [0.5, 0.6) is 0 Å². The van der Waals surface area contributed by atoms with E-state index in [-0.39, 0.29) is 28.3 Å². The van der Waals surface area contributed by atoms with Gasteiger partial charge in [-0.3, -0.25) is 13.9 Å². The number of halogens is 3. The van der Waals surface area contributed by atoms with E-state index in [1.54, 1.807) is 13.8 Å². The molecular formula is C22H26Cl2FN3O4S. The number of carbonyl (C=O) groups is 2. The van der Waals surface area contributed by atoms with Crippen molar-refractivity contribution in [3.8, 4) is 0 Å². The normalized spacial score (nSPS) is 12.4. The Morgan fingerprint density at radius 1 is 1.06 bits per heavy atom. The van der Waals surface area contributed by atoms with E-state index in [9.17, 15) is 22.4 Å². The molecule has 33 heavy (non-hydrogen) atoms. The van der Waals surface area contributed by atoms with E-state index in [0.717, 1.165) is 10.6 Å². The number of carbonyl (C=O) groups excluding carboxylic acids is 2. The Morgan fingerprint density at radius 2 is 1.67 bits per heavy atom. The van der Waals surface area contributed by atoms with Gasteiger partial charge in [-0.2, -0.15) is 0 Å². The lowest BCUT2D eigenvalue weighted by atomic mass is 10.1. The van der Waals surface area contributed by atoms with Crippen molar-refractivity contribution in [1.82, 2.24) is 10.2 Å². The molecule has 0 saturated carbocycles. The predicted octanol–water partition coefficient (Wildman–Crippen LogP) is 3.84. The van der Waals surface area contributed by atoms with Crippen molar-refractivity contribution >= 4 is 50.7 Å². The fourth-order valence-corrected chi connectivity index (χ4v) is 4.34. The molecule has 0 fully saturated rings. The van der Waals surface area contributed by atoms with Crippen molar-refractivity contribution in [2.75, 3.05) is 17.1 Å². The van der Waals surface area contributed by atoms with Gasteiger partial charge in [-0.1, -0.05) is 35.3 Å². The van der Waals surface area contributed by atoms with E-state index in [0.29, 0.717) is 5.56 Å². The SMILES string of the molecule is CC(C)NC(=O)[C@H](C)N(Cc1ccc(F)cc1)C(=O)CN(c1cc(Cl)ccc1Cl)S(C)(=O)=O. The summed E-state index contributed by atoms with van der Waals surface area (Å²) < 4.78 is 39.2. The van der Waals surface area contributed by atoms with Gasteiger partial charge in [-0.15, -0.1) is 0 Å².